The molecule has 1 aliphatic heterocycles. The molecular weight excluding hydrogens is 699 g/mol. The molecule has 5 aromatic rings. The zero-order valence-electron chi connectivity index (χ0n) is 28.6. The third-order valence-corrected chi connectivity index (χ3v) is 11.2. The monoisotopic (exact) mass is 737 g/mol. The first-order chi connectivity index (χ1) is 25.1. The van der Waals surface area contributed by atoms with Crippen LogP contribution in [0, 0.1) is 17.0 Å². The minimum Gasteiger partial charge on any atom is -0.508 e. The van der Waals surface area contributed by atoms with Crippen LogP contribution in [-0.2, 0) is 16.6 Å². The number of rotatable bonds is 13. The number of piperazine rings is 1. The molecule has 0 atom stereocenters. The molecule has 1 fully saturated rings. The standard InChI is InChI=1S/C39H39N5O6S2/c1-28-24-29(10-16-36(28)31-6-5-7-33(45)25-31)27-42-19-21-43(22-20-42)32-13-11-30(12-14-32)39(46)41-52(49,50)35-15-17-37(38(26-35)44(47)48)40-18-23-51-34-8-3-2-4-9-34/h2-17,24-26,40,45H,18-23,27H2,1H3,(H,41,46). The molecule has 0 spiro atoms. The number of amides is 1. The molecule has 0 aliphatic carbocycles. The first kappa shape index (κ1) is 36.4. The highest BCUT2D eigenvalue weighted by Gasteiger charge is 2.24. The highest BCUT2D eigenvalue weighted by atomic mass is 32.2. The number of carbonyl (C=O) groups is 1. The molecule has 0 saturated carbocycles. The molecule has 5 aromatic carbocycles. The van der Waals surface area contributed by atoms with Crippen LogP contribution >= 0.6 is 11.8 Å². The van der Waals surface area contributed by atoms with E-state index in [9.17, 15) is 28.4 Å². The number of hydrogen-bond donors (Lipinski definition) is 3. The molecule has 0 radical (unpaired) electrons. The van der Waals surface area contributed by atoms with Gasteiger partial charge in [0.15, 0.2) is 0 Å². The summed E-state index contributed by atoms with van der Waals surface area (Å²) in [5.41, 5.74) is 5.31. The SMILES string of the molecule is Cc1cc(CN2CCN(c3ccc(C(=O)NS(=O)(=O)c4ccc(NCCSc5ccccc5)c([N+](=O)[O-])c4)cc3)CC2)ccc1-c1cccc(O)c1. The Labute approximate surface area is 307 Å². The molecule has 11 nitrogen and oxygen atoms in total. The van der Waals surface area contributed by atoms with E-state index in [2.05, 4.69) is 40.2 Å². The predicted octanol–water partition coefficient (Wildman–Crippen LogP) is 6.92. The summed E-state index contributed by atoms with van der Waals surface area (Å²) in [5, 5.41) is 24.7. The normalized spacial score (nSPS) is 13.4. The Morgan fingerprint density at radius 3 is 2.33 bits per heavy atom. The maximum Gasteiger partial charge on any atom is 0.293 e. The van der Waals surface area contributed by atoms with Gasteiger partial charge in [-0.1, -0.05) is 48.5 Å². The fraction of sp³-hybridized carbons (Fsp3) is 0.205. The van der Waals surface area contributed by atoms with E-state index < -0.39 is 26.5 Å². The van der Waals surface area contributed by atoms with Crippen molar-refractivity contribution in [3.05, 3.63) is 142 Å². The largest absolute Gasteiger partial charge is 0.508 e. The summed E-state index contributed by atoms with van der Waals surface area (Å²) in [6.07, 6.45) is 0. The summed E-state index contributed by atoms with van der Waals surface area (Å²) < 4.78 is 28.3. The molecule has 0 unspecified atom stereocenters. The predicted molar refractivity (Wildman–Crippen MR) is 206 cm³/mol. The van der Waals surface area contributed by atoms with E-state index in [1.165, 1.54) is 17.7 Å². The smallest absolute Gasteiger partial charge is 0.293 e. The first-order valence-corrected chi connectivity index (χ1v) is 19.3. The Balaban J connectivity index is 1.01. The van der Waals surface area contributed by atoms with Crippen molar-refractivity contribution in [1.29, 1.82) is 0 Å². The van der Waals surface area contributed by atoms with Gasteiger partial charge in [0.05, 0.1) is 9.82 Å². The third kappa shape index (κ3) is 9.10. The Kier molecular flexibility index (Phi) is 11.4. The van der Waals surface area contributed by atoms with Crippen molar-refractivity contribution in [2.24, 2.45) is 0 Å². The Hall–Kier alpha value is -5.37. The summed E-state index contributed by atoms with van der Waals surface area (Å²) in [6, 6.07) is 33.7. The second kappa shape index (κ2) is 16.3. The maximum absolute atomic E-state index is 13.1. The second-order valence-electron chi connectivity index (χ2n) is 12.5. The highest BCUT2D eigenvalue weighted by Crippen LogP contribution is 2.29. The Morgan fingerprint density at radius 1 is 0.885 bits per heavy atom. The minimum absolute atomic E-state index is 0.152. The van der Waals surface area contributed by atoms with Gasteiger partial charge < -0.3 is 15.3 Å². The number of sulfonamides is 1. The van der Waals surface area contributed by atoms with Crippen LogP contribution in [0.15, 0.2) is 125 Å². The summed E-state index contributed by atoms with van der Waals surface area (Å²) in [6.45, 7) is 6.59. The average Bonchev–Trinajstić information content (AvgIpc) is 3.14. The van der Waals surface area contributed by atoms with Crippen molar-refractivity contribution in [3.63, 3.8) is 0 Å². The molecule has 0 aromatic heterocycles. The molecule has 1 saturated heterocycles. The van der Waals surface area contributed by atoms with Crippen molar-refractivity contribution in [2.45, 2.75) is 23.3 Å². The topological polar surface area (TPSA) is 145 Å². The number of nitrogens with one attached hydrogen (secondary N) is 2. The number of thioether (sulfide) groups is 1. The molecular formula is C39H39N5O6S2. The molecule has 3 N–H and O–H groups in total. The number of phenolic OH excluding ortho intramolecular Hbond substituents is 1. The molecule has 268 valence electrons. The maximum atomic E-state index is 13.1. The van der Waals surface area contributed by atoms with Gasteiger partial charge in [-0.2, -0.15) is 0 Å². The fourth-order valence-electron chi connectivity index (χ4n) is 6.16. The van der Waals surface area contributed by atoms with E-state index in [1.54, 1.807) is 48.2 Å². The quantitative estimate of drug-likeness (QED) is 0.0504. The number of phenols is 1. The highest BCUT2D eigenvalue weighted by molar-refractivity contribution is 7.99. The number of anilines is 2. The minimum atomic E-state index is -4.39. The molecule has 0 bridgehead atoms. The summed E-state index contributed by atoms with van der Waals surface area (Å²) in [5.74, 6) is 0.0604. The first-order valence-electron chi connectivity index (χ1n) is 16.8. The molecule has 1 amide bonds. The lowest BCUT2D eigenvalue weighted by atomic mass is 9.98. The van der Waals surface area contributed by atoms with Crippen molar-refractivity contribution in [1.82, 2.24) is 9.62 Å². The van der Waals surface area contributed by atoms with Gasteiger partial charge in [0.1, 0.15) is 11.4 Å². The summed E-state index contributed by atoms with van der Waals surface area (Å²) in [4.78, 5) is 29.4. The van der Waals surface area contributed by atoms with Gasteiger partial charge in [0.25, 0.3) is 21.6 Å². The number of nitro benzene ring substituents is 1. The molecule has 1 heterocycles. The van der Waals surface area contributed by atoms with Crippen molar-refractivity contribution in [2.75, 3.05) is 48.7 Å². The number of aryl methyl sites for hydroxylation is 1. The molecule has 52 heavy (non-hydrogen) atoms. The lowest BCUT2D eigenvalue weighted by Gasteiger charge is -2.36. The van der Waals surface area contributed by atoms with Gasteiger partial charge in [-0.15, -0.1) is 11.8 Å². The summed E-state index contributed by atoms with van der Waals surface area (Å²) in [7, 11) is -4.39. The second-order valence-corrected chi connectivity index (χ2v) is 15.3. The van der Waals surface area contributed by atoms with Crippen molar-refractivity contribution < 1.29 is 23.2 Å². The lowest BCUT2D eigenvalue weighted by Crippen LogP contribution is -2.46. The lowest BCUT2D eigenvalue weighted by molar-refractivity contribution is -0.384. The van der Waals surface area contributed by atoms with Crippen LogP contribution in [-0.4, -0.2) is 67.7 Å². The fourth-order valence-corrected chi connectivity index (χ4v) is 7.94. The van der Waals surface area contributed by atoms with Gasteiger partial charge in [-0.25, -0.2) is 13.1 Å². The Bertz CT molecular complexity index is 2160. The van der Waals surface area contributed by atoms with Crippen LogP contribution in [0.1, 0.15) is 21.5 Å². The van der Waals surface area contributed by atoms with Gasteiger partial charge in [-0.05, 0) is 89.8 Å². The van der Waals surface area contributed by atoms with E-state index >= 15 is 0 Å². The van der Waals surface area contributed by atoms with Crippen LogP contribution in [0.2, 0.25) is 0 Å². The number of nitrogens with zero attached hydrogens (tertiary/aromatic N) is 3. The van der Waals surface area contributed by atoms with E-state index in [4.69, 9.17) is 0 Å². The molecule has 6 rings (SSSR count). The zero-order valence-corrected chi connectivity index (χ0v) is 30.2. The van der Waals surface area contributed by atoms with Crippen LogP contribution < -0.4 is 14.9 Å². The number of carbonyl (C=O) groups excluding carboxylic acids is 1. The van der Waals surface area contributed by atoms with E-state index in [1.807, 2.05) is 47.2 Å². The van der Waals surface area contributed by atoms with E-state index in [0.717, 1.165) is 66.1 Å². The van der Waals surface area contributed by atoms with Crippen LogP contribution in [0.5, 0.6) is 5.75 Å². The number of nitro groups is 1. The molecule has 13 heteroatoms. The third-order valence-electron chi connectivity index (χ3n) is 8.85. The van der Waals surface area contributed by atoms with Crippen molar-refractivity contribution >= 4 is 44.8 Å². The van der Waals surface area contributed by atoms with Gasteiger partial charge in [-0.3, -0.25) is 19.8 Å². The zero-order chi connectivity index (χ0) is 36.7. The van der Waals surface area contributed by atoms with Crippen LogP contribution in [0.25, 0.3) is 11.1 Å². The number of benzene rings is 5. The molecule has 1 aliphatic rings. The van der Waals surface area contributed by atoms with E-state index in [0.29, 0.717) is 12.3 Å². The van der Waals surface area contributed by atoms with Gasteiger partial charge in [0.2, 0.25) is 0 Å². The Morgan fingerprint density at radius 2 is 1.63 bits per heavy atom. The number of aromatic hydroxyl groups is 1. The van der Waals surface area contributed by atoms with E-state index in [-0.39, 0.29) is 21.9 Å². The number of hydrogen-bond acceptors (Lipinski definition) is 10. The van der Waals surface area contributed by atoms with Crippen LogP contribution in [0.4, 0.5) is 17.1 Å². The van der Waals surface area contributed by atoms with Gasteiger partial charge in [0, 0.05) is 67.2 Å². The van der Waals surface area contributed by atoms with Gasteiger partial charge >= 0.3 is 0 Å². The van der Waals surface area contributed by atoms with Crippen molar-refractivity contribution in [3.8, 4) is 16.9 Å². The van der Waals surface area contributed by atoms with Crippen LogP contribution in [0.3, 0.4) is 0 Å². The summed E-state index contributed by atoms with van der Waals surface area (Å²) >= 11 is 1.59. The average molecular weight is 738 g/mol.